The van der Waals surface area contributed by atoms with Crippen LogP contribution in [-0.2, 0) is 4.79 Å². The highest BCUT2D eigenvalue weighted by atomic mass is 16.4. The molecule has 5 nitrogen and oxygen atoms in total. The van der Waals surface area contributed by atoms with Crippen LogP contribution in [0.2, 0.25) is 0 Å². The molecule has 0 bridgehead atoms. The van der Waals surface area contributed by atoms with Crippen LogP contribution in [0.15, 0.2) is 18.2 Å². The number of aromatic nitrogens is 1. The molecule has 1 N–H and O–H groups in total. The summed E-state index contributed by atoms with van der Waals surface area (Å²) in [5.41, 5.74) is 1.18. The Morgan fingerprint density at radius 2 is 2.00 bits per heavy atom. The van der Waals surface area contributed by atoms with Gasteiger partial charge in [-0.1, -0.05) is 33.8 Å². The summed E-state index contributed by atoms with van der Waals surface area (Å²) in [5, 5.41) is 9.11. The van der Waals surface area contributed by atoms with E-state index in [1.54, 1.807) is 12.1 Å². The van der Waals surface area contributed by atoms with Crippen molar-refractivity contribution in [1.82, 2.24) is 9.88 Å². The van der Waals surface area contributed by atoms with Gasteiger partial charge in [-0.15, -0.1) is 0 Å². The van der Waals surface area contributed by atoms with Crippen LogP contribution in [0.5, 0.6) is 0 Å². The minimum absolute atomic E-state index is 0.238. The van der Waals surface area contributed by atoms with Gasteiger partial charge in [-0.2, -0.15) is 0 Å². The Balaban J connectivity index is 0.00000106. The number of carbonyl (C=O) groups excluding carboxylic acids is 1. The molecule has 2 heterocycles. The number of hydrogen-bond donors (Lipinski definition) is 1. The second kappa shape index (κ2) is 7.76. The zero-order valence-corrected chi connectivity index (χ0v) is 13.2. The monoisotopic (exact) mass is 292 g/mol. The van der Waals surface area contributed by atoms with Crippen LogP contribution in [0.25, 0.3) is 0 Å². The van der Waals surface area contributed by atoms with Crippen molar-refractivity contribution in [3.05, 3.63) is 29.6 Å². The van der Waals surface area contributed by atoms with Crippen LogP contribution in [0, 0.1) is 0 Å². The minimum Gasteiger partial charge on any atom is -0.480 e. The van der Waals surface area contributed by atoms with Gasteiger partial charge < -0.3 is 10.0 Å². The van der Waals surface area contributed by atoms with Crippen LogP contribution < -0.4 is 0 Å². The van der Waals surface area contributed by atoms with Gasteiger partial charge in [0.2, 0.25) is 0 Å². The van der Waals surface area contributed by atoms with Gasteiger partial charge in [0, 0.05) is 12.2 Å². The van der Waals surface area contributed by atoms with Gasteiger partial charge in [-0.25, -0.2) is 9.78 Å². The van der Waals surface area contributed by atoms with Crippen LogP contribution in [0.1, 0.15) is 62.6 Å². The van der Waals surface area contributed by atoms with Gasteiger partial charge in [0.05, 0.1) is 0 Å². The van der Waals surface area contributed by atoms with E-state index < -0.39 is 12.0 Å². The van der Waals surface area contributed by atoms with E-state index >= 15 is 0 Å². The fraction of sp³-hybridized carbons (Fsp3) is 0.562. The van der Waals surface area contributed by atoms with Crippen molar-refractivity contribution in [2.75, 3.05) is 6.54 Å². The molecule has 1 aromatic rings. The van der Waals surface area contributed by atoms with Gasteiger partial charge in [0.25, 0.3) is 5.91 Å². The second-order valence-corrected chi connectivity index (χ2v) is 5.10. The molecule has 5 heteroatoms. The topological polar surface area (TPSA) is 70.5 Å². The Kier molecular flexibility index (Phi) is 6.34. The highest BCUT2D eigenvalue weighted by Gasteiger charge is 2.34. The van der Waals surface area contributed by atoms with Gasteiger partial charge >= 0.3 is 5.97 Å². The number of pyridine rings is 1. The first-order chi connectivity index (χ1) is 10.0. The number of carbonyl (C=O) groups is 2. The maximum Gasteiger partial charge on any atom is 0.326 e. The van der Waals surface area contributed by atoms with E-state index in [2.05, 4.69) is 4.98 Å². The van der Waals surface area contributed by atoms with Gasteiger partial charge in [-0.3, -0.25) is 4.79 Å². The average Bonchev–Trinajstić information content (AvgIpc) is 2.98. The lowest BCUT2D eigenvalue weighted by Gasteiger charge is -2.21. The molecule has 0 saturated carbocycles. The summed E-state index contributed by atoms with van der Waals surface area (Å²) in [7, 11) is 0. The third kappa shape index (κ3) is 4.03. The molecule has 0 spiro atoms. The van der Waals surface area contributed by atoms with Crippen molar-refractivity contribution in [2.24, 2.45) is 0 Å². The van der Waals surface area contributed by atoms with Crippen molar-refractivity contribution >= 4 is 11.9 Å². The third-order valence-electron chi connectivity index (χ3n) is 3.38. The van der Waals surface area contributed by atoms with Crippen molar-refractivity contribution in [3.63, 3.8) is 0 Å². The number of carboxylic acids is 1. The fourth-order valence-corrected chi connectivity index (χ4v) is 2.31. The standard InChI is InChI=1S/C14H18N2O3.C2H6/c1-9(2)10-5-3-6-11(15-10)13(17)16-8-4-7-12(16)14(18)19;1-2/h3,5-6,9,12H,4,7-8H2,1-2H3,(H,18,19);1-2H3. The maximum atomic E-state index is 12.3. The van der Waals surface area contributed by atoms with Crippen LogP contribution in [0.3, 0.4) is 0 Å². The highest BCUT2D eigenvalue weighted by molar-refractivity contribution is 5.95. The molecule has 1 fully saturated rings. The van der Waals surface area contributed by atoms with Crippen LogP contribution in [-0.4, -0.2) is 39.5 Å². The number of rotatable bonds is 3. The van der Waals surface area contributed by atoms with E-state index in [0.717, 1.165) is 12.1 Å². The Morgan fingerprint density at radius 3 is 2.57 bits per heavy atom. The third-order valence-corrected chi connectivity index (χ3v) is 3.38. The van der Waals surface area contributed by atoms with Gasteiger partial charge in [0.15, 0.2) is 0 Å². The number of amides is 1. The molecule has 1 aliphatic heterocycles. The molecule has 1 aliphatic rings. The number of carboxylic acid groups (broad SMARTS) is 1. The number of hydrogen-bond acceptors (Lipinski definition) is 3. The predicted octanol–water partition coefficient (Wildman–Crippen LogP) is 2.92. The quantitative estimate of drug-likeness (QED) is 0.930. The zero-order valence-electron chi connectivity index (χ0n) is 13.2. The Hall–Kier alpha value is -1.91. The molecule has 1 amide bonds. The molecule has 1 atom stereocenters. The van der Waals surface area contributed by atoms with E-state index in [1.807, 2.05) is 33.8 Å². The first-order valence-corrected chi connectivity index (χ1v) is 7.51. The molecule has 21 heavy (non-hydrogen) atoms. The Morgan fingerprint density at radius 1 is 1.33 bits per heavy atom. The number of likely N-dealkylation sites (tertiary alicyclic amines) is 1. The molecule has 116 valence electrons. The SMILES string of the molecule is CC.CC(C)c1cccc(C(=O)N2CCCC2C(=O)O)n1. The Labute approximate surface area is 126 Å². The lowest BCUT2D eigenvalue weighted by Crippen LogP contribution is -2.40. The van der Waals surface area contributed by atoms with E-state index in [9.17, 15) is 9.59 Å². The lowest BCUT2D eigenvalue weighted by molar-refractivity contribution is -0.141. The maximum absolute atomic E-state index is 12.3. The van der Waals surface area contributed by atoms with E-state index in [1.165, 1.54) is 4.90 Å². The second-order valence-electron chi connectivity index (χ2n) is 5.10. The molecule has 1 aromatic heterocycles. The van der Waals surface area contributed by atoms with Crippen molar-refractivity contribution in [3.8, 4) is 0 Å². The largest absolute Gasteiger partial charge is 0.480 e. The van der Waals surface area contributed by atoms with Crippen molar-refractivity contribution < 1.29 is 14.7 Å². The molecule has 2 rings (SSSR count). The average molecular weight is 292 g/mol. The smallest absolute Gasteiger partial charge is 0.326 e. The summed E-state index contributed by atoms with van der Waals surface area (Å²) in [6.07, 6.45) is 1.25. The van der Waals surface area contributed by atoms with Crippen molar-refractivity contribution in [2.45, 2.75) is 52.5 Å². The first kappa shape index (κ1) is 17.1. The van der Waals surface area contributed by atoms with E-state index in [0.29, 0.717) is 18.7 Å². The summed E-state index contributed by atoms with van der Waals surface area (Å²) in [4.78, 5) is 29.2. The molecule has 1 saturated heterocycles. The molecule has 0 radical (unpaired) electrons. The molecule has 1 unspecified atom stereocenters. The van der Waals surface area contributed by atoms with Gasteiger partial charge in [0.1, 0.15) is 11.7 Å². The summed E-state index contributed by atoms with van der Waals surface area (Å²) < 4.78 is 0. The minimum atomic E-state index is -0.939. The molecular formula is C16H24N2O3. The van der Waals surface area contributed by atoms with E-state index in [-0.39, 0.29) is 11.8 Å². The summed E-state index contributed by atoms with van der Waals surface area (Å²) in [6.45, 7) is 8.50. The predicted molar refractivity (Wildman–Crippen MR) is 81.4 cm³/mol. The van der Waals surface area contributed by atoms with E-state index in [4.69, 9.17) is 5.11 Å². The first-order valence-electron chi connectivity index (χ1n) is 7.51. The van der Waals surface area contributed by atoms with Crippen molar-refractivity contribution in [1.29, 1.82) is 0 Å². The molecule has 0 aromatic carbocycles. The molecule has 0 aliphatic carbocycles. The Bertz CT molecular complexity index is 500. The summed E-state index contributed by atoms with van der Waals surface area (Å²) >= 11 is 0. The lowest BCUT2D eigenvalue weighted by atomic mass is 10.1. The van der Waals surface area contributed by atoms with Crippen LogP contribution >= 0.6 is 0 Å². The fourth-order valence-electron chi connectivity index (χ4n) is 2.31. The molecular weight excluding hydrogens is 268 g/mol. The van der Waals surface area contributed by atoms with Gasteiger partial charge in [-0.05, 0) is 30.9 Å². The summed E-state index contributed by atoms with van der Waals surface area (Å²) in [6, 6.07) is 4.60. The normalized spacial score (nSPS) is 17.4. The highest BCUT2D eigenvalue weighted by Crippen LogP contribution is 2.20. The zero-order chi connectivity index (χ0) is 16.0. The van der Waals surface area contributed by atoms with Crippen LogP contribution in [0.4, 0.5) is 0 Å². The number of aliphatic carboxylic acids is 1. The number of nitrogens with zero attached hydrogens (tertiary/aromatic N) is 2. The summed E-state index contributed by atoms with van der Waals surface area (Å²) in [5.74, 6) is -0.986.